The van der Waals surface area contributed by atoms with Crippen LogP contribution in [-0.2, 0) is 26.2 Å². The van der Waals surface area contributed by atoms with Crippen molar-refractivity contribution < 1.29 is 18.0 Å². The van der Waals surface area contributed by atoms with Crippen molar-refractivity contribution in [3.05, 3.63) is 92.9 Å². The monoisotopic (exact) mass is 637 g/mol. The van der Waals surface area contributed by atoms with Crippen LogP contribution < -0.4 is 9.62 Å². The zero-order valence-corrected chi connectivity index (χ0v) is 26.5. The van der Waals surface area contributed by atoms with Gasteiger partial charge in [0.05, 0.1) is 10.6 Å². The minimum atomic E-state index is -4.21. The second kappa shape index (κ2) is 14.4. The van der Waals surface area contributed by atoms with E-state index in [-0.39, 0.29) is 29.7 Å². The van der Waals surface area contributed by atoms with Crippen LogP contribution in [-0.4, -0.2) is 44.3 Å². The molecule has 1 atom stereocenters. The fourth-order valence-electron chi connectivity index (χ4n) is 4.29. The summed E-state index contributed by atoms with van der Waals surface area (Å²) in [5.41, 5.74) is 1.45. The van der Waals surface area contributed by atoms with Gasteiger partial charge in [0.15, 0.2) is 0 Å². The third-order valence-electron chi connectivity index (χ3n) is 6.53. The van der Waals surface area contributed by atoms with Crippen molar-refractivity contribution >= 4 is 62.3 Å². The molecule has 0 saturated carbocycles. The number of rotatable bonds is 12. The molecule has 0 bridgehead atoms. The summed E-state index contributed by atoms with van der Waals surface area (Å²) in [6.07, 6.45) is 0.284. The molecule has 0 aromatic heterocycles. The number of nitrogens with one attached hydrogen (secondary N) is 1. The van der Waals surface area contributed by atoms with E-state index < -0.39 is 28.5 Å². The number of aryl methyl sites for hydroxylation is 1. The zero-order valence-electron chi connectivity index (χ0n) is 23.4. The third-order valence-corrected chi connectivity index (χ3v) is 9.26. The van der Waals surface area contributed by atoms with Crippen LogP contribution in [0.15, 0.2) is 71.6 Å². The van der Waals surface area contributed by atoms with Crippen molar-refractivity contribution in [1.82, 2.24) is 10.2 Å². The van der Waals surface area contributed by atoms with Crippen LogP contribution in [0.4, 0.5) is 5.69 Å². The van der Waals surface area contributed by atoms with Crippen molar-refractivity contribution in [3.8, 4) is 0 Å². The molecule has 220 valence electrons. The highest BCUT2D eigenvalue weighted by molar-refractivity contribution is 7.92. The zero-order chi connectivity index (χ0) is 30.3. The Morgan fingerprint density at radius 2 is 1.51 bits per heavy atom. The number of carbonyl (C=O) groups is 2. The van der Waals surface area contributed by atoms with Crippen LogP contribution in [0.3, 0.4) is 0 Å². The van der Waals surface area contributed by atoms with Gasteiger partial charge >= 0.3 is 0 Å². The summed E-state index contributed by atoms with van der Waals surface area (Å²) < 4.78 is 29.0. The van der Waals surface area contributed by atoms with E-state index in [9.17, 15) is 18.0 Å². The molecule has 0 aliphatic rings. The maximum absolute atomic E-state index is 14.2. The Bertz CT molecular complexity index is 1460. The van der Waals surface area contributed by atoms with E-state index in [0.29, 0.717) is 38.4 Å². The highest BCUT2D eigenvalue weighted by Crippen LogP contribution is 2.30. The van der Waals surface area contributed by atoms with Gasteiger partial charge in [0.1, 0.15) is 12.6 Å². The van der Waals surface area contributed by atoms with Gasteiger partial charge in [-0.3, -0.25) is 13.9 Å². The number of halogens is 3. The summed E-state index contributed by atoms with van der Waals surface area (Å²) in [5, 5.41) is 3.94. The topological polar surface area (TPSA) is 86.8 Å². The van der Waals surface area contributed by atoms with Crippen molar-refractivity contribution in [1.29, 1.82) is 0 Å². The van der Waals surface area contributed by atoms with Gasteiger partial charge in [-0.15, -0.1) is 0 Å². The quantitative estimate of drug-likeness (QED) is 0.238. The Morgan fingerprint density at radius 3 is 2.07 bits per heavy atom. The van der Waals surface area contributed by atoms with Crippen molar-refractivity contribution in [3.63, 3.8) is 0 Å². The predicted molar refractivity (Wildman–Crippen MR) is 166 cm³/mol. The summed E-state index contributed by atoms with van der Waals surface area (Å²) >= 11 is 18.9. The Labute approximate surface area is 257 Å². The summed E-state index contributed by atoms with van der Waals surface area (Å²) in [7, 11) is -4.21. The van der Waals surface area contributed by atoms with Crippen LogP contribution in [0.5, 0.6) is 0 Å². The van der Waals surface area contributed by atoms with E-state index in [1.165, 1.54) is 29.2 Å². The van der Waals surface area contributed by atoms with Gasteiger partial charge in [-0.25, -0.2) is 8.42 Å². The first-order valence-corrected chi connectivity index (χ1v) is 15.8. The van der Waals surface area contributed by atoms with Crippen molar-refractivity contribution in [2.75, 3.05) is 17.4 Å². The molecule has 11 heteroatoms. The maximum Gasteiger partial charge on any atom is 0.264 e. The van der Waals surface area contributed by atoms with Gasteiger partial charge in [0, 0.05) is 33.7 Å². The molecule has 3 rings (SSSR count). The first-order chi connectivity index (χ1) is 19.4. The average molecular weight is 639 g/mol. The Hall–Kier alpha value is -2.78. The van der Waals surface area contributed by atoms with Gasteiger partial charge in [-0.1, -0.05) is 79.8 Å². The Morgan fingerprint density at radius 1 is 0.902 bits per heavy atom. The molecule has 0 aliphatic carbocycles. The van der Waals surface area contributed by atoms with Crippen molar-refractivity contribution in [2.24, 2.45) is 5.92 Å². The number of hydrogen-bond acceptors (Lipinski definition) is 4. The van der Waals surface area contributed by atoms with E-state index in [1.54, 1.807) is 56.3 Å². The molecular formula is C30H34Cl3N3O4S. The highest BCUT2D eigenvalue weighted by Gasteiger charge is 2.34. The Balaban J connectivity index is 2.10. The standard InChI is InChI=1S/C30H34Cl3N3O4S/c1-5-27(30(38)34-17-20(2)3)35(18-24-25(32)10-8-11-26(24)33)29(37)19-36(28-12-7-6-9-21(28)4)41(39,40)23-15-13-22(31)14-16-23/h6-16,20,27H,5,17-19H2,1-4H3,(H,34,38). The molecule has 0 radical (unpaired) electrons. The van der Waals surface area contributed by atoms with E-state index in [2.05, 4.69) is 5.32 Å². The number of para-hydroxylation sites is 1. The van der Waals surface area contributed by atoms with E-state index in [0.717, 1.165) is 4.31 Å². The molecule has 3 aromatic carbocycles. The molecular weight excluding hydrogens is 605 g/mol. The number of carbonyl (C=O) groups excluding carboxylic acids is 2. The second-order valence-electron chi connectivity index (χ2n) is 10.0. The van der Waals surface area contributed by atoms with Gasteiger partial charge in [0.25, 0.3) is 10.0 Å². The number of anilines is 1. The lowest BCUT2D eigenvalue weighted by molar-refractivity contribution is -0.140. The molecule has 0 aliphatic heterocycles. The first kappa shape index (κ1) is 32.7. The molecule has 0 saturated heterocycles. The minimum absolute atomic E-state index is 0.0274. The molecule has 0 fully saturated rings. The lowest BCUT2D eigenvalue weighted by atomic mass is 10.1. The smallest absolute Gasteiger partial charge is 0.264 e. The third kappa shape index (κ3) is 8.16. The molecule has 7 nitrogen and oxygen atoms in total. The fourth-order valence-corrected chi connectivity index (χ4v) is 6.41. The number of sulfonamides is 1. The minimum Gasteiger partial charge on any atom is -0.354 e. The average Bonchev–Trinajstić information content (AvgIpc) is 2.92. The summed E-state index contributed by atoms with van der Waals surface area (Å²) in [5.74, 6) is -0.742. The summed E-state index contributed by atoms with van der Waals surface area (Å²) in [4.78, 5) is 28.8. The SMILES string of the molecule is CCC(C(=O)NCC(C)C)N(Cc1c(Cl)cccc1Cl)C(=O)CN(c1ccccc1C)S(=O)(=O)c1ccc(Cl)cc1. The largest absolute Gasteiger partial charge is 0.354 e. The van der Waals surface area contributed by atoms with Gasteiger partial charge in [-0.2, -0.15) is 0 Å². The van der Waals surface area contributed by atoms with E-state index >= 15 is 0 Å². The molecule has 41 heavy (non-hydrogen) atoms. The van der Waals surface area contributed by atoms with Gasteiger partial charge < -0.3 is 10.2 Å². The highest BCUT2D eigenvalue weighted by atomic mass is 35.5. The number of amides is 2. The molecule has 2 amide bonds. The molecule has 0 spiro atoms. The molecule has 0 heterocycles. The molecule has 3 aromatic rings. The fraction of sp³-hybridized carbons (Fsp3) is 0.333. The maximum atomic E-state index is 14.2. The normalized spacial score (nSPS) is 12.2. The van der Waals surface area contributed by atoms with Crippen LogP contribution in [0.2, 0.25) is 15.1 Å². The summed E-state index contributed by atoms with van der Waals surface area (Å²) in [6.45, 7) is 7.26. The van der Waals surface area contributed by atoms with Crippen LogP contribution >= 0.6 is 34.8 Å². The van der Waals surface area contributed by atoms with E-state index in [1.807, 2.05) is 13.8 Å². The Kier molecular flexibility index (Phi) is 11.5. The van der Waals surface area contributed by atoms with Gasteiger partial charge in [-0.05, 0) is 67.3 Å². The lowest BCUT2D eigenvalue weighted by Crippen LogP contribution is -2.52. The van der Waals surface area contributed by atoms with Crippen LogP contribution in [0.25, 0.3) is 0 Å². The van der Waals surface area contributed by atoms with E-state index in [4.69, 9.17) is 34.8 Å². The van der Waals surface area contributed by atoms with Crippen LogP contribution in [0, 0.1) is 12.8 Å². The van der Waals surface area contributed by atoms with Gasteiger partial charge in [0.2, 0.25) is 11.8 Å². The molecule has 1 N–H and O–H groups in total. The predicted octanol–water partition coefficient (Wildman–Crippen LogP) is 6.73. The second-order valence-corrected chi connectivity index (χ2v) is 13.2. The number of hydrogen-bond donors (Lipinski definition) is 1. The first-order valence-electron chi connectivity index (χ1n) is 13.2. The number of nitrogens with zero attached hydrogens (tertiary/aromatic N) is 2. The van der Waals surface area contributed by atoms with Crippen molar-refractivity contribution in [2.45, 2.75) is 51.6 Å². The number of benzene rings is 3. The molecule has 1 unspecified atom stereocenters. The summed E-state index contributed by atoms with van der Waals surface area (Å²) in [6, 6.07) is 16.7. The lowest BCUT2D eigenvalue weighted by Gasteiger charge is -2.34. The van der Waals surface area contributed by atoms with Crippen LogP contribution in [0.1, 0.15) is 38.3 Å².